The molecule has 0 saturated heterocycles. The third-order valence-electron chi connectivity index (χ3n) is 3.18. The molecule has 0 aliphatic carbocycles. The standard InChI is InChI=1S/C15H19N3O/c1-3-9-17-15(16-2)18-11-12-8-10-19-14-7-5-4-6-13(12)14/h1,4-7,12H,8-11H2,2H3,(H2,16,17,18). The highest BCUT2D eigenvalue weighted by molar-refractivity contribution is 5.79. The second kappa shape index (κ2) is 6.69. The number of terminal acetylenes is 1. The van der Waals surface area contributed by atoms with Gasteiger partial charge in [-0.05, 0) is 18.1 Å². The molecule has 19 heavy (non-hydrogen) atoms. The number of fused-ring (bicyclic) bond motifs is 1. The topological polar surface area (TPSA) is 45.7 Å². The SMILES string of the molecule is C#CCNC(=NC)NCC1CCOc2ccccc21. The number of ether oxygens (including phenoxy) is 1. The van der Waals surface area contributed by atoms with Gasteiger partial charge in [0.2, 0.25) is 0 Å². The first-order valence-corrected chi connectivity index (χ1v) is 6.45. The lowest BCUT2D eigenvalue weighted by Gasteiger charge is -2.26. The molecule has 0 fully saturated rings. The summed E-state index contributed by atoms with van der Waals surface area (Å²) >= 11 is 0. The van der Waals surface area contributed by atoms with Crippen LogP contribution in [0, 0.1) is 12.3 Å². The van der Waals surface area contributed by atoms with E-state index in [4.69, 9.17) is 11.2 Å². The van der Waals surface area contributed by atoms with E-state index in [2.05, 4.69) is 27.6 Å². The average molecular weight is 257 g/mol. The first-order valence-electron chi connectivity index (χ1n) is 6.45. The first kappa shape index (κ1) is 13.3. The average Bonchev–Trinajstić information content (AvgIpc) is 2.47. The van der Waals surface area contributed by atoms with Crippen molar-refractivity contribution in [3.05, 3.63) is 29.8 Å². The van der Waals surface area contributed by atoms with Gasteiger partial charge < -0.3 is 15.4 Å². The van der Waals surface area contributed by atoms with E-state index >= 15 is 0 Å². The van der Waals surface area contributed by atoms with Crippen LogP contribution in [0.1, 0.15) is 17.9 Å². The summed E-state index contributed by atoms with van der Waals surface area (Å²) in [5.74, 6) is 4.70. The zero-order chi connectivity index (χ0) is 13.5. The lowest BCUT2D eigenvalue weighted by molar-refractivity contribution is 0.267. The van der Waals surface area contributed by atoms with Crippen molar-refractivity contribution in [1.29, 1.82) is 0 Å². The highest BCUT2D eigenvalue weighted by Crippen LogP contribution is 2.32. The third kappa shape index (κ3) is 3.41. The van der Waals surface area contributed by atoms with Crippen LogP contribution in [0.25, 0.3) is 0 Å². The summed E-state index contributed by atoms with van der Waals surface area (Å²) < 4.78 is 5.65. The van der Waals surface area contributed by atoms with Gasteiger partial charge in [0.25, 0.3) is 0 Å². The van der Waals surface area contributed by atoms with Gasteiger partial charge in [-0.3, -0.25) is 4.99 Å². The molecule has 2 rings (SSSR count). The highest BCUT2D eigenvalue weighted by Gasteiger charge is 2.20. The monoisotopic (exact) mass is 257 g/mol. The van der Waals surface area contributed by atoms with Gasteiger partial charge in [0, 0.05) is 19.5 Å². The Hall–Kier alpha value is -2.15. The molecule has 2 N–H and O–H groups in total. The zero-order valence-electron chi connectivity index (χ0n) is 11.1. The minimum Gasteiger partial charge on any atom is -0.493 e. The molecule has 1 atom stereocenters. The molecule has 0 aromatic heterocycles. The van der Waals surface area contributed by atoms with Crippen LogP contribution in [0.2, 0.25) is 0 Å². The highest BCUT2D eigenvalue weighted by atomic mass is 16.5. The molecular formula is C15H19N3O. The molecule has 4 heteroatoms. The van der Waals surface area contributed by atoms with Crippen molar-refractivity contribution < 1.29 is 4.74 Å². The third-order valence-corrected chi connectivity index (χ3v) is 3.18. The van der Waals surface area contributed by atoms with Crippen LogP contribution in [0.3, 0.4) is 0 Å². The van der Waals surface area contributed by atoms with Crippen LogP contribution in [0.5, 0.6) is 5.75 Å². The number of aliphatic imine (C=N–C) groups is 1. The molecule has 100 valence electrons. The summed E-state index contributed by atoms with van der Waals surface area (Å²) in [7, 11) is 1.74. The predicted octanol–water partition coefficient (Wildman–Crippen LogP) is 1.35. The van der Waals surface area contributed by atoms with E-state index in [0.717, 1.165) is 31.3 Å². The molecular weight excluding hydrogens is 238 g/mol. The van der Waals surface area contributed by atoms with Crippen molar-refractivity contribution in [2.45, 2.75) is 12.3 Å². The number of guanidine groups is 1. The van der Waals surface area contributed by atoms with Crippen LogP contribution in [0.15, 0.2) is 29.3 Å². The number of nitrogens with one attached hydrogen (secondary N) is 2. The molecule has 1 aromatic rings. The van der Waals surface area contributed by atoms with Gasteiger partial charge in [0.05, 0.1) is 13.2 Å². The van der Waals surface area contributed by atoms with Crippen molar-refractivity contribution in [3.63, 3.8) is 0 Å². The summed E-state index contributed by atoms with van der Waals surface area (Å²) in [5.41, 5.74) is 1.26. The molecule has 0 radical (unpaired) electrons. The van der Waals surface area contributed by atoms with Crippen LogP contribution < -0.4 is 15.4 Å². The molecule has 1 aliphatic rings. The molecule has 1 aromatic carbocycles. The summed E-state index contributed by atoms with van der Waals surface area (Å²) in [6.07, 6.45) is 6.23. The number of benzene rings is 1. The minimum absolute atomic E-state index is 0.439. The lowest BCUT2D eigenvalue weighted by Crippen LogP contribution is -2.40. The van der Waals surface area contributed by atoms with E-state index in [0.29, 0.717) is 12.5 Å². The predicted molar refractivity (Wildman–Crippen MR) is 77.5 cm³/mol. The normalized spacial score (nSPS) is 17.9. The van der Waals surface area contributed by atoms with Gasteiger partial charge in [-0.15, -0.1) is 6.42 Å². The van der Waals surface area contributed by atoms with Crippen molar-refractivity contribution in [2.24, 2.45) is 4.99 Å². The van der Waals surface area contributed by atoms with Gasteiger partial charge in [-0.2, -0.15) is 0 Å². The zero-order valence-corrected chi connectivity index (χ0v) is 11.1. The molecule has 1 heterocycles. The van der Waals surface area contributed by atoms with E-state index in [9.17, 15) is 0 Å². The van der Waals surface area contributed by atoms with Gasteiger partial charge in [0.1, 0.15) is 5.75 Å². The van der Waals surface area contributed by atoms with Gasteiger partial charge in [-0.25, -0.2) is 0 Å². The van der Waals surface area contributed by atoms with E-state index in [1.165, 1.54) is 5.56 Å². The van der Waals surface area contributed by atoms with Crippen molar-refractivity contribution >= 4 is 5.96 Å². The van der Waals surface area contributed by atoms with Crippen LogP contribution in [-0.2, 0) is 0 Å². The van der Waals surface area contributed by atoms with E-state index in [1.54, 1.807) is 7.05 Å². The maximum atomic E-state index is 5.65. The fourth-order valence-corrected chi connectivity index (χ4v) is 2.20. The minimum atomic E-state index is 0.439. The van der Waals surface area contributed by atoms with Crippen LogP contribution in [-0.4, -0.2) is 32.7 Å². The molecule has 0 saturated carbocycles. The van der Waals surface area contributed by atoms with Crippen LogP contribution >= 0.6 is 0 Å². The molecule has 1 aliphatic heterocycles. The number of nitrogens with zero attached hydrogens (tertiary/aromatic N) is 1. The maximum absolute atomic E-state index is 5.65. The Kier molecular flexibility index (Phi) is 4.68. The van der Waals surface area contributed by atoms with Crippen molar-refractivity contribution in [1.82, 2.24) is 10.6 Å². The Bertz CT molecular complexity index is 490. The van der Waals surface area contributed by atoms with Gasteiger partial charge in [-0.1, -0.05) is 24.1 Å². The van der Waals surface area contributed by atoms with Gasteiger partial charge >= 0.3 is 0 Å². The van der Waals surface area contributed by atoms with E-state index in [1.807, 2.05) is 18.2 Å². The second-order valence-electron chi connectivity index (χ2n) is 4.38. The first-order chi connectivity index (χ1) is 9.35. The second-order valence-corrected chi connectivity index (χ2v) is 4.38. The van der Waals surface area contributed by atoms with Crippen molar-refractivity contribution in [3.8, 4) is 18.1 Å². The number of hydrogen-bond acceptors (Lipinski definition) is 2. The number of para-hydroxylation sites is 1. The number of hydrogen-bond donors (Lipinski definition) is 2. The Balaban J connectivity index is 1.96. The summed E-state index contributed by atoms with van der Waals surface area (Å²) in [6, 6.07) is 8.19. The van der Waals surface area contributed by atoms with E-state index in [-0.39, 0.29) is 0 Å². The summed E-state index contributed by atoms with van der Waals surface area (Å²) in [6.45, 7) is 2.06. The molecule has 1 unspecified atom stereocenters. The van der Waals surface area contributed by atoms with Crippen molar-refractivity contribution in [2.75, 3.05) is 26.7 Å². The van der Waals surface area contributed by atoms with Crippen LogP contribution in [0.4, 0.5) is 0 Å². The molecule has 0 bridgehead atoms. The fourth-order valence-electron chi connectivity index (χ4n) is 2.20. The summed E-state index contributed by atoms with van der Waals surface area (Å²) in [4.78, 5) is 4.13. The smallest absolute Gasteiger partial charge is 0.191 e. The molecule has 0 amide bonds. The fraction of sp³-hybridized carbons (Fsp3) is 0.400. The number of rotatable bonds is 3. The maximum Gasteiger partial charge on any atom is 0.191 e. The largest absolute Gasteiger partial charge is 0.493 e. The Morgan fingerprint density at radius 3 is 3.11 bits per heavy atom. The quantitative estimate of drug-likeness (QED) is 0.488. The Morgan fingerprint density at radius 2 is 2.32 bits per heavy atom. The molecule has 4 nitrogen and oxygen atoms in total. The van der Waals surface area contributed by atoms with Gasteiger partial charge in [0.15, 0.2) is 5.96 Å². The summed E-state index contributed by atoms with van der Waals surface area (Å²) in [5, 5.41) is 6.36. The van der Waals surface area contributed by atoms with E-state index < -0.39 is 0 Å². The molecule has 0 spiro atoms. The lowest BCUT2D eigenvalue weighted by atomic mass is 9.93. The Labute approximate surface area is 114 Å². The Morgan fingerprint density at radius 1 is 1.47 bits per heavy atom.